The smallest absolute Gasteiger partial charge is 0.159 e. The molecular weight excluding hydrogens is 364 g/mol. The van der Waals surface area contributed by atoms with Gasteiger partial charge >= 0.3 is 0 Å². The third-order valence-corrected chi connectivity index (χ3v) is 6.23. The summed E-state index contributed by atoms with van der Waals surface area (Å²) < 4.78 is 14.1. The maximum atomic E-state index is 6.22. The van der Waals surface area contributed by atoms with Crippen LogP contribution in [-0.4, -0.2) is 44.9 Å². The zero-order valence-electron chi connectivity index (χ0n) is 16.8. The molecule has 0 bridgehead atoms. The van der Waals surface area contributed by atoms with Gasteiger partial charge in [-0.2, -0.15) is 0 Å². The molecule has 2 saturated heterocycles. The number of aryl methyl sites for hydroxylation is 1. The van der Waals surface area contributed by atoms with Crippen molar-refractivity contribution >= 4 is 0 Å². The van der Waals surface area contributed by atoms with Crippen LogP contribution in [0, 0.1) is 6.92 Å². The van der Waals surface area contributed by atoms with Gasteiger partial charge in [0.25, 0.3) is 0 Å². The molecule has 1 unspecified atom stereocenters. The Morgan fingerprint density at radius 2 is 1.83 bits per heavy atom. The zero-order valence-corrected chi connectivity index (χ0v) is 16.8. The number of rotatable bonds is 3. The highest BCUT2D eigenvalue weighted by Crippen LogP contribution is 2.40. The summed E-state index contributed by atoms with van der Waals surface area (Å²) in [6.07, 6.45) is 11.7. The molecule has 4 heterocycles. The molecule has 6 nitrogen and oxygen atoms in total. The second-order valence-electron chi connectivity index (χ2n) is 8.06. The summed E-state index contributed by atoms with van der Waals surface area (Å²) in [7, 11) is 0. The van der Waals surface area contributed by atoms with Crippen LogP contribution < -0.4 is 0 Å². The summed E-state index contributed by atoms with van der Waals surface area (Å²) in [4.78, 5) is 13.9. The van der Waals surface area contributed by atoms with Gasteiger partial charge < -0.3 is 14.0 Å². The lowest BCUT2D eigenvalue weighted by Gasteiger charge is -2.43. The molecule has 1 atom stereocenters. The van der Waals surface area contributed by atoms with Crippen LogP contribution in [0.5, 0.6) is 0 Å². The molecule has 6 heteroatoms. The summed E-state index contributed by atoms with van der Waals surface area (Å²) >= 11 is 0. The van der Waals surface area contributed by atoms with Crippen LogP contribution in [0.15, 0.2) is 49.1 Å². The van der Waals surface area contributed by atoms with E-state index in [1.807, 2.05) is 30.7 Å². The van der Waals surface area contributed by atoms with Crippen molar-refractivity contribution in [1.29, 1.82) is 0 Å². The van der Waals surface area contributed by atoms with Crippen molar-refractivity contribution in [2.45, 2.75) is 44.2 Å². The third kappa shape index (κ3) is 3.58. The molecule has 5 rings (SSSR count). The summed E-state index contributed by atoms with van der Waals surface area (Å²) in [5.41, 5.74) is 3.13. The normalized spacial score (nSPS) is 21.3. The van der Waals surface area contributed by atoms with Gasteiger partial charge in [-0.3, -0.25) is 0 Å². The molecule has 0 N–H and O–H groups in total. The lowest BCUT2D eigenvalue weighted by Crippen LogP contribution is -2.44. The van der Waals surface area contributed by atoms with Gasteiger partial charge in [0.1, 0.15) is 5.82 Å². The Morgan fingerprint density at radius 1 is 1.03 bits per heavy atom. The van der Waals surface area contributed by atoms with Crippen molar-refractivity contribution in [3.05, 3.63) is 54.6 Å². The minimum atomic E-state index is -0.0477. The summed E-state index contributed by atoms with van der Waals surface area (Å²) in [5.74, 6) is 1.67. The first-order valence-corrected chi connectivity index (χ1v) is 10.4. The highest BCUT2D eigenvalue weighted by molar-refractivity contribution is 5.61. The highest BCUT2D eigenvalue weighted by atomic mass is 16.5. The fourth-order valence-electron chi connectivity index (χ4n) is 4.57. The first-order chi connectivity index (χ1) is 14.2. The molecule has 0 aliphatic carbocycles. The Balaban J connectivity index is 1.41. The lowest BCUT2D eigenvalue weighted by molar-refractivity contribution is -0.144. The lowest BCUT2D eigenvalue weighted by atomic mass is 9.84. The van der Waals surface area contributed by atoms with Gasteiger partial charge in [0, 0.05) is 56.2 Å². The van der Waals surface area contributed by atoms with Crippen LogP contribution >= 0.6 is 0 Å². The van der Waals surface area contributed by atoms with E-state index in [-0.39, 0.29) is 5.60 Å². The molecule has 0 saturated carbocycles. The molecule has 3 aromatic rings. The quantitative estimate of drug-likeness (QED) is 0.670. The number of hydrogen-bond donors (Lipinski definition) is 0. The molecule has 2 aromatic heterocycles. The monoisotopic (exact) mass is 390 g/mol. The predicted octanol–water partition coefficient (Wildman–Crippen LogP) is 4.22. The molecular formula is C23H26N4O2. The van der Waals surface area contributed by atoms with Gasteiger partial charge in [-0.1, -0.05) is 24.3 Å². The molecule has 29 heavy (non-hydrogen) atoms. The molecule has 2 aliphatic heterocycles. The van der Waals surface area contributed by atoms with Crippen LogP contribution in [-0.2, 0) is 9.47 Å². The number of imidazole rings is 1. The number of benzene rings is 1. The van der Waals surface area contributed by atoms with Gasteiger partial charge in [0.2, 0.25) is 0 Å². The maximum Gasteiger partial charge on any atom is 0.159 e. The van der Waals surface area contributed by atoms with Gasteiger partial charge in [-0.15, -0.1) is 0 Å². The van der Waals surface area contributed by atoms with E-state index in [0.29, 0.717) is 6.04 Å². The Labute approximate surface area is 170 Å². The summed E-state index contributed by atoms with van der Waals surface area (Å²) in [5, 5.41) is 0. The van der Waals surface area contributed by atoms with Crippen LogP contribution in [0.1, 0.15) is 37.3 Å². The Hall–Kier alpha value is -2.57. The molecule has 0 radical (unpaired) electrons. The number of hydrogen-bond acceptors (Lipinski definition) is 5. The first-order valence-electron chi connectivity index (χ1n) is 10.4. The van der Waals surface area contributed by atoms with Crippen LogP contribution in [0.25, 0.3) is 22.8 Å². The van der Waals surface area contributed by atoms with E-state index in [1.165, 1.54) is 5.56 Å². The van der Waals surface area contributed by atoms with Gasteiger partial charge in [-0.25, -0.2) is 15.0 Å². The second kappa shape index (κ2) is 7.69. The maximum absolute atomic E-state index is 6.22. The van der Waals surface area contributed by atoms with E-state index in [0.717, 1.165) is 68.3 Å². The average molecular weight is 390 g/mol. The fraction of sp³-hybridized carbons (Fsp3) is 0.435. The average Bonchev–Trinajstić information content (AvgIpc) is 3.25. The van der Waals surface area contributed by atoms with E-state index in [2.05, 4.69) is 44.8 Å². The molecule has 1 spiro atoms. The second-order valence-corrected chi connectivity index (χ2v) is 8.06. The van der Waals surface area contributed by atoms with Crippen molar-refractivity contribution in [1.82, 2.24) is 19.5 Å². The van der Waals surface area contributed by atoms with Crippen molar-refractivity contribution < 1.29 is 9.47 Å². The number of ether oxygens (including phenoxy) is 2. The van der Waals surface area contributed by atoms with E-state index in [9.17, 15) is 0 Å². The summed E-state index contributed by atoms with van der Waals surface area (Å²) in [6, 6.07) is 8.56. The van der Waals surface area contributed by atoms with Crippen LogP contribution in [0.3, 0.4) is 0 Å². The molecule has 150 valence electrons. The van der Waals surface area contributed by atoms with Crippen molar-refractivity contribution in [2.75, 3.05) is 19.8 Å². The number of aromatic nitrogens is 4. The molecule has 0 amide bonds. The summed E-state index contributed by atoms with van der Waals surface area (Å²) in [6.45, 7) is 4.44. The molecule has 2 aliphatic rings. The SMILES string of the molecule is Cc1ccccc1-c1ncc(-c2nccn2C2CCOC3(CCOCC3)C2)cn1. The first kappa shape index (κ1) is 18.5. The minimum Gasteiger partial charge on any atom is -0.381 e. The highest BCUT2D eigenvalue weighted by Gasteiger charge is 2.40. The Kier molecular flexibility index (Phi) is 4.89. The molecule has 2 fully saturated rings. The fourth-order valence-corrected chi connectivity index (χ4v) is 4.57. The van der Waals surface area contributed by atoms with Gasteiger partial charge in [0.15, 0.2) is 5.82 Å². The topological polar surface area (TPSA) is 62.1 Å². The Morgan fingerprint density at radius 3 is 2.62 bits per heavy atom. The van der Waals surface area contributed by atoms with E-state index < -0.39 is 0 Å². The predicted molar refractivity (Wildman–Crippen MR) is 110 cm³/mol. The van der Waals surface area contributed by atoms with Crippen LogP contribution in [0.4, 0.5) is 0 Å². The largest absolute Gasteiger partial charge is 0.381 e. The zero-order chi connectivity index (χ0) is 19.7. The standard InChI is InChI=1S/C23H26N4O2/c1-17-4-2-3-5-20(17)21-25-15-18(16-26-21)22-24-9-10-27(22)19-6-11-29-23(14-19)7-12-28-13-8-23/h2-5,9-10,15-16,19H,6-8,11-14H2,1H3. The van der Waals surface area contributed by atoms with Gasteiger partial charge in [0.05, 0.1) is 11.2 Å². The van der Waals surface area contributed by atoms with E-state index in [1.54, 1.807) is 0 Å². The Bertz CT molecular complexity index is 971. The van der Waals surface area contributed by atoms with E-state index in [4.69, 9.17) is 9.47 Å². The molecule has 1 aromatic carbocycles. The van der Waals surface area contributed by atoms with Crippen molar-refractivity contribution in [3.8, 4) is 22.8 Å². The van der Waals surface area contributed by atoms with Crippen molar-refractivity contribution in [3.63, 3.8) is 0 Å². The van der Waals surface area contributed by atoms with Crippen LogP contribution in [0.2, 0.25) is 0 Å². The van der Waals surface area contributed by atoms with Crippen molar-refractivity contribution in [2.24, 2.45) is 0 Å². The van der Waals surface area contributed by atoms with Gasteiger partial charge in [-0.05, 0) is 38.2 Å². The van der Waals surface area contributed by atoms with E-state index >= 15 is 0 Å². The third-order valence-electron chi connectivity index (χ3n) is 6.23. The minimum absolute atomic E-state index is 0.0477. The number of nitrogens with zero attached hydrogens (tertiary/aromatic N) is 4.